The first-order valence-electron chi connectivity index (χ1n) is 5.80. The fraction of sp³-hybridized carbons (Fsp3) is 0.333. The maximum absolute atomic E-state index is 11.7. The Morgan fingerprint density at radius 1 is 1.10 bits per heavy atom. The van der Waals surface area contributed by atoms with Crippen LogP contribution in [0.5, 0.6) is 0 Å². The Labute approximate surface area is 123 Å². The van der Waals surface area contributed by atoms with Crippen LogP contribution in [0.3, 0.4) is 0 Å². The van der Waals surface area contributed by atoms with Crippen molar-refractivity contribution in [3.05, 3.63) is 34.3 Å². The zero-order valence-electron chi connectivity index (χ0n) is 10.3. The minimum atomic E-state index is -1.50. The van der Waals surface area contributed by atoms with E-state index >= 15 is 0 Å². The first kappa shape index (κ1) is 14.6. The van der Waals surface area contributed by atoms with E-state index in [9.17, 15) is 19.8 Å². The molecule has 0 amide bonds. The zero-order chi connectivity index (χ0) is 14.6. The molecule has 0 radical (unpaired) electrons. The van der Waals surface area contributed by atoms with Crippen LogP contribution in [0.4, 0.5) is 0 Å². The number of aromatic nitrogens is 2. The van der Waals surface area contributed by atoms with E-state index in [0.717, 1.165) is 23.1 Å². The molecule has 0 N–H and O–H groups in total. The zero-order valence-corrected chi connectivity index (χ0v) is 11.9. The highest BCUT2D eigenvalue weighted by Gasteiger charge is 2.39. The highest BCUT2D eigenvalue weighted by molar-refractivity contribution is 7.03. The van der Waals surface area contributed by atoms with Crippen molar-refractivity contribution in [1.82, 2.24) is 8.75 Å². The van der Waals surface area contributed by atoms with E-state index < -0.39 is 17.4 Å². The molecule has 2 heterocycles. The summed E-state index contributed by atoms with van der Waals surface area (Å²) in [6.07, 6.45) is -0.0224. The fourth-order valence-corrected chi connectivity index (χ4v) is 3.22. The molecule has 2 aromatic rings. The number of hydrogen-bond donors (Lipinski definition) is 0. The van der Waals surface area contributed by atoms with Crippen molar-refractivity contribution in [2.24, 2.45) is 0 Å². The van der Waals surface area contributed by atoms with Gasteiger partial charge in [-0.15, -0.1) is 0 Å². The van der Waals surface area contributed by atoms with Gasteiger partial charge in [-0.1, -0.05) is 0 Å². The summed E-state index contributed by atoms with van der Waals surface area (Å²) < 4.78 is 8.17. The summed E-state index contributed by atoms with van der Waals surface area (Å²) in [4.78, 5) is 22.3. The number of hydrogen-bond acceptors (Lipinski definition) is 8. The average molecular weight is 310 g/mol. The van der Waals surface area contributed by atoms with Crippen molar-refractivity contribution in [2.75, 3.05) is 0 Å². The Balaban J connectivity index is 2.40. The molecule has 0 spiro atoms. The van der Waals surface area contributed by atoms with E-state index in [2.05, 4.69) is 8.75 Å². The average Bonchev–Trinajstić information content (AvgIpc) is 3.06. The minimum Gasteiger partial charge on any atom is -0.550 e. The van der Waals surface area contributed by atoms with Crippen LogP contribution in [0.2, 0.25) is 0 Å². The van der Waals surface area contributed by atoms with Gasteiger partial charge in [-0.25, -0.2) is 0 Å². The Morgan fingerprint density at radius 2 is 1.65 bits per heavy atom. The second-order valence-corrected chi connectivity index (χ2v) is 5.52. The molecule has 20 heavy (non-hydrogen) atoms. The van der Waals surface area contributed by atoms with Crippen molar-refractivity contribution >= 4 is 35.0 Å². The highest BCUT2D eigenvalue weighted by Crippen LogP contribution is 2.36. The monoisotopic (exact) mass is 310 g/mol. The molecule has 0 saturated carbocycles. The molecule has 0 aromatic carbocycles. The maximum atomic E-state index is 11.7. The molecule has 0 aliphatic heterocycles. The molecule has 0 atom stereocenters. The van der Waals surface area contributed by atoms with Gasteiger partial charge in [-0.3, -0.25) is 0 Å². The van der Waals surface area contributed by atoms with Gasteiger partial charge in [-0.2, -0.15) is 8.75 Å². The molecule has 2 aromatic heterocycles. The number of carbonyl (C=O) groups is 2. The number of carbonyl (C=O) groups excluding carboxylic acids is 2. The van der Waals surface area contributed by atoms with Gasteiger partial charge in [-0.05, 0) is 54.5 Å². The third-order valence-corrected chi connectivity index (χ3v) is 4.15. The van der Waals surface area contributed by atoms with Crippen molar-refractivity contribution in [3.8, 4) is 0 Å². The van der Waals surface area contributed by atoms with Crippen LogP contribution in [0.1, 0.15) is 30.7 Å². The maximum Gasteiger partial charge on any atom is 0.0962 e. The summed E-state index contributed by atoms with van der Waals surface area (Å²) in [5.41, 5.74) is -0.853. The summed E-state index contributed by atoms with van der Waals surface area (Å²) in [6, 6.07) is 3.19. The van der Waals surface area contributed by atoms with Crippen molar-refractivity contribution in [2.45, 2.75) is 24.7 Å². The van der Waals surface area contributed by atoms with E-state index in [1.165, 1.54) is 0 Å². The summed E-state index contributed by atoms with van der Waals surface area (Å²) >= 11 is 2.25. The lowest BCUT2D eigenvalue weighted by Crippen LogP contribution is -2.47. The van der Waals surface area contributed by atoms with Crippen molar-refractivity contribution < 1.29 is 19.8 Å². The number of carboxylic acids is 2. The summed E-state index contributed by atoms with van der Waals surface area (Å²) in [6.45, 7) is 0. The lowest BCUT2D eigenvalue weighted by Gasteiger charge is -2.32. The quantitative estimate of drug-likeness (QED) is 0.686. The van der Waals surface area contributed by atoms with Crippen LogP contribution >= 0.6 is 23.1 Å². The summed E-state index contributed by atoms with van der Waals surface area (Å²) in [5, 5.41) is 25.6. The Kier molecular flexibility index (Phi) is 4.46. The van der Waals surface area contributed by atoms with Crippen molar-refractivity contribution in [3.63, 3.8) is 0 Å². The normalized spacial score (nSPS) is 11.4. The van der Waals surface area contributed by atoms with E-state index in [0.29, 0.717) is 11.4 Å². The van der Waals surface area contributed by atoms with Gasteiger partial charge in [0.15, 0.2) is 0 Å². The van der Waals surface area contributed by atoms with Crippen LogP contribution in [-0.4, -0.2) is 20.7 Å². The topological polar surface area (TPSA) is 106 Å². The number of rotatable bonds is 7. The van der Waals surface area contributed by atoms with Gasteiger partial charge in [0.25, 0.3) is 0 Å². The number of aliphatic carboxylic acids is 2. The molecule has 0 saturated heterocycles. The second kappa shape index (κ2) is 6.10. The van der Waals surface area contributed by atoms with Crippen LogP contribution in [0, 0.1) is 0 Å². The molecular formula is C12H10N2O4S2-2. The van der Waals surface area contributed by atoms with E-state index in [-0.39, 0.29) is 19.3 Å². The molecular weight excluding hydrogens is 300 g/mol. The standard InChI is InChI=1S/C12H12N2O4S2/c15-10(16)2-1-5-12(11(17)18,8-3-6-19-13-8)9-4-7-20-14-9/h3-4,6-7H,1-2,5H2,(H,15,16)(H,17,18)/p-2. The third-order valence-electron chi connectivity index (χ3n) is 3.03. The molecule has 0 aliphatic rings. The van der Waals surface area contributed by atoms with Crippen LogP contribution in [0.25, 0.3) is 0 Å². The lowest BCUT2D eigenvalue weighted by molar-refractivity contribution is -0.313. The van der Waals surface area contributed by atoms with Gasteiger partial charge >= 0.3 is 0 Å². The second-order valence-electron chi connectivity index (χ2n) is 4.19. The minimum absolute atomic E-state index is 0.0524. The SMILES string of the molecule is O=C([O-])CCCC(C(=O)[O-])(c1ccsn1)c1ccsn1. The molecule has 2 rings (SSSR count). The Bertz CT molecular complexity index is 546. The molecule has 106 valence electrons. The molecule has 0 unspecified atom stereocenters. The predicted molar refractivity (Wildman–Crippen MR) is 68.9 cm³/mol. The predicted octanol–water partition coefficient (Wildman–Crippen LogP) is -0.444. The van der Waals surface area contributed by atoms with Crippen LogP contribution in [0.15, 0.2) is 22.9 Å². The Morgan fingerprint density at radius 3 is 2.00 bits per heavy atom. The van der Waals surface area contributed by atoms with Gasteiger partial charge in [0.1, 0.15) is 0 Å². The lowest BCUT2D eigenvalue weighted by atomic mass is 9.76. The largest absolute Gasteiger partial charge is 0.550 e. The first-order chi connectivity index (χ1) is 9.57. The van der Waals surface area contributed by atoms with Crippen molar-refractivity contribution in [1.29, 1.82) is 0 Å². The third kappa shape index (κ3) is 2.70. The highest BCUT2D eigenvalue weighted by atomic mass is 32.1. The first-order valence-corrected chi connectivity index (χ1v) is 7.47. The van der Waals surface area contributed by atoms with Gasteiger partial charge < -0.3 is 19.8 Å². The van der Waals surface area contributed by atoms with Gasteiger partial charge in [0.05, 0.1) is 22.8 Å². The van der Waals surface area contributed by atoms with Crippen LogP contribution in [-0.2, 0) is 15.0 Å². The number of carboxylic acid groups (broad SMARTS) is 2. The van der Waals surface area contributed by atoms with E-state index in [1.54, 1.807) is 22.9 Å². The summed E-state index contributed by atoms with van der Waals surface area (Å²) in [5.74, 6) is -2.54. The molecule has 0 bridgehead atoms. The molecule has 0 aliphatic carbocycles. The molecule has 6 nitrogen and oxygen atoms in total. The number of nitrogens with zero attached hydrogens (tertiary/aromatic N) is 2. The molecule has 8 heteroatoms. The van der Waals surface area contributed by atoms with Gasteiger partial charge in [0, 0.05) is 16.7 Å². The summed E-state index contributed by atoms with van der Waals surface area (Å²) in [7, 11) is 0. The Hall–Kier alpha value is -1.80. The molecule has 0 fully saturated rings. The fourth-order valence-electron chi connectivity index (χ4n) is 2.06. The van der Waals surface area contributed by atoms with E-state index in [4.69, 9.17) is 0 Å². The smallest absolute Gasteiger partial charge is 0.0962 e. The van der Waals surface area contributed by atoms with Crippen LogP contribution < -0.4 is 10.2 Å². The van der Waals surface area contributed by atoms with E-state index in [1.807, 2.05) is 0 Å². The van der Waals surface area contributed by atoms with Gasteiger partial charge in [0.2, 0.25) is 0 Å².